The number of furan rings is 1. The van der Waals surface area contributed by atoms with Gasteiger partial charge in [0.25, 0.3) is 0 Å². The zero-order valence-electron chi connectivity index (χ0n) is 21.6. The Bertz CT molecular complexity index is 1750. The number of fused-ring (bicyclic) bond motifs is 1. The molecule has 39 heavy (non-hydrogen) atoms. The van der Waals surface area contributed by atoms with E-state index in [0.29, 0.717) is 42.1 Å². The summed E-state index contributed by atoms with van der Waals surface area (Å²) < 4.78 is 16.9. The van der Waals surface area contributed by atoms with E-state index in [-0.39, 0.29) is 5.75 Å². The normalized spacial score (nSPS) is 11.6. The highest BCUT2D eigenvalue weighted by Gasteiger charge is 2.19. The summed E-state index contributed by atoms with van der Waals surface area (Å²) in [6.45, 7) is 3.71. The number of benzene rings is 2. The smallest absolute Gasteiger partial charge is 0.194 e. The molecule has 0 fully saturated rings. The van der Waals surface area contributed by atoms with E-state index in [4.69, 9.17) is 30.8 Å². The Morgan fingerprint density at radius 2 is 1.97 bits per heavy atom. The van der Waals surface area contributed by atoms with Crippen LogP contribution in [0.15, 0.2) is 77.5 Å². The molecule has 4 heterocycles. The van der Waals surface area contributed by atoms with E-state index >= 15 is 0 Å². The van der Waals surface area contributed by atoms with Crippen molar-refractivity contribution in [2.75, 3.05) is 13.7 Å². The molecule has 0 bridgehead atoms. The number of phenols is 1. The molecule has 0 aliphatic carbocycles. The van der Waals surface area contributed by atoms with Gasteiger partial charge in [-0.2, -0.15) is 10.2 Å². The first kappa shape index (κ1) is 25.0. The van der Waals surface area contributed by atoms with Gasteiger partial charge < -0.3 is 18.8 Å². The van der Waals surface area contributed by atoms with Crippen LogP contribution < -0.4 is 0 Å². The highest BCUT2D eigenvalue weighted by Crippen LogP contribution is 2.34. The van der Waals surface area contributed by atoms with Crippen molar-refractivity contribution in [1.82, 2.24) is 29.1 Å². The minimum Gasteiger partial charge on any atom is -0.507 e. The van der Waals surface area contributed by atoms with E-state index in [2.05, 4.69) is 16.6 Å². The third-order valence-corrected chi connectivity index (χ3v) is 6.85. The van der Waals surface area contributed by atoms with Crippen LogP contribution in [0.1, 0.15) is 18.2 Å². The number of hydrogen-bond acceptors (Lipinski definition) is 6. The number of ether oxygens (including phenoxy) is 1. The van der Waals surface area contributed by atoms with Crippen LogP contribution in [-0.4, -0.2) is 47.9 Å². The second-order valence-corrected chi connectivity index (χ2v) is 9.57. The van der Waals surface area contributed by atoms with Gasteiger partial charge in [-0.25, -0.2) is 9.67 Å². The van der Waals surface area contributed by atoms with Crippen LogP contribution in [0, 0.1) is 0 Å². The van der Waals surface area contributed by atoms with Crippen LogP contribution in [0.5, 0.6) is 5.75 Å². The number of halogens is 1. The Labute approximate surface area is 229 Å². The van der Waals surface area contributed by atoms with Crippen molar-refractivity contribution < 1.29 is 14.3 Å². The predicted octanol–water partition coefficient (Wildman–Crippen LogP) is 5.96. The van der Waals surface area contributed by atoms with Crippen molar-refractivity contribution in [3.05, 3.63) is 89.5 Å². The first-order valence-electron chi connectivity index (χ1n) is 12.7. The summed E-state index contributed by atoms with van der Waals surface area (Å²) >= 11 is 6.07. The minimum absolute atomic E-state index is 0.157. The summed E-state index contributed by atoms with van der Waals surface area (Å²) in [5.74, 6) is 1.45. The number of phenolic OH excluding ortho intramolecular Hbond substituents is 1. The van der Waals surface area contributed by atoms with Crippen molar-refractivity contribution in [3.63, 3.8) is 0 Å². The van der Waals surface area contributed by atoms with Crippen LogP contribution in [0.4, 0.5) is 0 Å². The van der Waals surface area contributed by atoms with Crippen LogP contribution in [-0.2, 0) is 24.2 Å². The van der Waals surface area contributed by atoms with Gasteiger partial charge in [0.1, 0.15) is 17.3 Å². The van der Waals surface area contributed by atoms with Crippen LogP contribution in [0.2, 0.25) is 5.22 Å². The average molecular weight is 543 g/mol. The van der Waals surface area contributed by atoms with Gasteiger partial charge in [-0.3, -0.25) is 4.68 Å². The molecule has 4 aromatic heterocycles. The zero-order valence-corrected chi connectivity index (χ0v) is 22.3. The fraction of sp³-hybridized carbons (Fsp3) is 0.207. The highest BCUT2D eigenvalue weighted by atomic mass is 35.5. The summed E-state index contributed by atoms with van der Waals surface area (Å²) in [4.78, 5) is 4.99. The number of aromatic nitrogens is 6. The Balaban J connectivity index is 1.47. The van der Waals surface area contributed by atoms with E-state index in [0.717, 1.165) is 40.1 Å². The lowest BCUT2D eigenvalue weighted by Gasteiger charge is -2.12. The number of methoxy groups -OCH3 is 1. The lowest BCUT2D eigenvalue weighted by Crippen LogP contribution is -2.07. The van der Waals surface area contributed by atoms with E-state index < -0.39 is 0 Å². The maximum Gasteiger partial charge on any atom is 0.194 e. The summed E-state index contributed by atoms with van der Waals surface area (Å²) in [7, 11) is 1.67. The monoisotopic (exact) mass is 542 g/mol. The number of nitrogens with zero attached hydrogens (tertiary/aromatic N) is 6. The van der Waals surface area contributed by atoms with Crippen LogP contribution in [0.3, 0.4) is 0 Å². The Kier molecular flexibility index (Phi) is 6.68. The molecule has 0 atom stereocenters. The molecule has 198 valence electrons. The number of hydrogen-bond donors (Lipinski definition) is 1. The van der Waals surface area contributed by atoms with Crippen LogP contribution in [0.25, 0.3) is 39.6 Å². The summed E-state index contributed by atoms with van der Waals surface area (Å²) in [5, 5.41) is 20.3. The topological polar surface area (TPSA) is 96.1 Å². The van der Waals surface area contributed by atoms with E-state index in [1.54, 1.807) is 25.4 Å². The Morgan fingerprint density at radius 1 is 1.08 bits per heavy atom. The van der Waals surface area contributed by atoms with Gasteiger partial charge in [-0.05, 0) is 78.2 Å². The fourth-order valence-electron chi connectivity index (χ4n) is 4.73. The molecule has 0 radical (unpaired) electrons. The Morgan fingerprint density at radius 3 is 2.72 bits per heavy atom. The molecule has 0 aliphatic rings. The van der Waals surface area contributed by atoms with Crippen molar-refractivity contribution in [2.24, 2.45) is 0 Å². The Hall–Kier alpha value is -4.34. The van der Waals surface area contributed by atoms with E-state index in [1.807, 2.05) is 64.1 Å². The maximum atomic E-state index is 10.9. The molecular formula is C29H27ClN6O3. The molecule has 0 aliphatic heterocycles. The average Bonchev–Trinajstić information content (AvgIpc) is 3.74. The van der Waals surface area contributed by atoms with Crippen molar-refractivity contribution >= 4 is 22.6 Å². The molecule has 0 saturated carbocycles. The zero-order chi connectivity index (χ0) is 26.9. The van der Waals surface area contributed by atoms with E-state index in [1.165, 1.54) is 0 Å². The third-order valence-electron chi connectivity index (χ3n) is 6.65. The number of aryl methyl sites for hydroxylation is 1. The molecule has 2 aromatic carbocycles. The van der Waals surface area contributed by atoms with Gasteiger partial charge in [-0.1, -0.05) is 13.0 Å². The third kappa shape index (κ3) is 4.82. The molecular weight excluding hydrogens is 516 g/mol. The summed E-state index contributed by atoms with van der Waals surface area (Å²) in [6.07, 6.45) is 4.44. The molecule has 10 heteroatoms. The molecule has 6 aromatic rings. The summed E-state index contributed by atoms with van der Waals surface area (Å²) in [5.41, 5.74) is 5.92. The summed E-state index contributed by atoms with van der Waals surface area (Å²) in [6, 6.07) is 19.0. The van der Waals surface area contributed by atoms with Gasteiger partial charge in [0.15, 0.2) is 11.0 Å². The minimum atomic E-state index is 0.157. The lowest BCUT2D eigenvalue weighted by molar-refractivity contribution is 0.188. The molecule has 0 unspecified atom stereocenters. The molecule has 1 N–H and O–H groups in total. The first-order chi connectivity index (χ1) is 19.0. The van der Waals surface area contributed by atoms with Crippen LogP contribution >= 0.6 is 11.6 Å². The second-order valence-electron chi connectivity index (χ2n) is 9.20. The van der Waals surface area contributed by atoms with Crippen molar-refractivity contribution in [1.29, 1.82) is 0 Å². The standard InChI is InChI=1S/C29H27ClN6O3/c1-3-20-16-25(27-9-10-28(30)39-27)36(33-20)21-6-7-24-23(17-21)32-29(35(24)13-14-38-2)22-15-19(5-8-26(22)37)18-34-12-4-11-31-34/h4-12,15-17,37H,3,13-14,18H2,1-2H3. The molecule has 6 rings (SSSR count). The van der Waals surface area contributed by atoms with Gasteiger partial charge in [-0.15, -0.1) is 0 Å². The predicted molar refractivity (Wildman–Crippen MR) is 149 cm³/mol. The van der Waals surface area contributed by atoms with Gasteiger partial charge in [0, 0.05) is 26.0 Å². The number of rotatable bonds is 9. The van der Waals surface area contributed by atoms with E-state index in [9.17, 15) is 5.11 Å². The van der Waals surface area contributed by atoms with Gasteiger partial charge in [0.05, 0.1) is 41.1 Å². The maximum absolute atomic E-state index is 10.9. The second kappa shape index (κ2) is 10.4. The van der Waals surface area contributed by atoms with Crippen molar-refractivity contribution in [2.45, 2.75) is 26.4 Å². The van der Waals surface area contributed by atoms with Crippen molar-refractivity contribution in [3.8, 4) is 34.3 Å². The number of imidazole rings is 1. The largest absolute Gasteiger partial charge is 0.507 e. The SMILES string of the molecule is CCc1cc(-c2ccc(Cl)o2)n(-c2ccc3c(c2)nc(-c2cc(Cn4cccn4)ccc2O)n3CCOC)n1. The quantitative estimate of drug-likeness (QED) is 0.242. The molecule has 9 nitrogen and oxygen atoms in total. The molecule has 0 amide bonds. The van der Waals surface area contributed by atoms with Gasteiger partial charge >= 0.3 is 0 Å². The lowest BCUT2D eigenvalue weighted by atomic mass is 10.1. The molecule has 0 spiro atoms. The van der Waals surface area contributed by atoms with Gasteiger partial charge in [0.2, 0.25) is 0 Å². The fourth-order valence-corrected chi connectivity index (χ4v) is 4.88. The first-order valence-corrected chi connectivity index (χ1v) is 13.1. The number of aromatic hydroxyl groups is 1. The highest BCUT2D eigenvalue weighted by molar-refractivity contribution is 6.29. The molecule has 0 saturated heterocycles.